The van der Waals surface area contributed by atoms with Crippen LogP contribution in [0.2, 0.25) is 0 Å². The number of carboxylic acids is 1. The Morgan fingerprint density at radius 1 is 1.32 bits per heavy atom. The number of piperidine rings is 1. The van der Waals surface area contributed by atoms with Crippen LogP contribution in [0.25, 0.3) is 0 Å². The van der Waals surface area contributed by atoms with Crippen LogP contribution < -0.4 is 5.32 Å². The van der Waals surface area contributed by atoms with E-state index in [1.54, 1.807) is 11.8 Å². The summed E-state index contributed by atoms with van der Waals surface area (Å²) >= 11 is 1.81. The number of carboxylic acid groups (broad SMARTS) is 1. The molecule has 1 rings (SSSR count). The van der Waals surface area contributed by atoms with E-state index in [1.807, 2.05) is 11.8 Å². The van der Waals surface area contributed by atoms with Crippen LogP contribution in [0, 0.1) is 5.41 Å². The number of amides is 2. The number of carbonyl (C=O) groups excluding carboxylic acids is 1. The molecule has 0 unspecified atom stereocenters. The number of hydrogen-bond donors (Lipinski definition) is 2. The Hall–Kier alpha value is -0.910. The van der Waals surface area contributed by atoms with Crippen molar-refractivity contribution in [1.29, 1.82) is 0 Å². The minimum atomic E-state index is -0.760. The van der Waals surface area contributed by atoms with Gasteiger partial charge in [-0.05, 0) is 44.6 Å². The van der Waals surface area contributed by atoms with Crippen LogP contribution in [0.15, 0.2) is 0 Å². The second-order valence-electron chi connectivity index (χ2n) is 5.28. The van der Waals surface area contributed by atoms with E-state index < -0.39 is 11.4 Å². The van der Waals surface area contributed by atoms with Gasteiger partial charge in [-0.25, -0.2) is 4.79 Å². The lowest BCUT2D eigenvalue weighted by atomic mass is 9.80. The molecule has 0 spiro atoms. The zero-order valence-corrected chi connectivity index (χ0v) is 12.6. The molecule has 110 valence electrons. The molecule has 0 atom stereocenters. The van der Waals surface area contributed by atoms with Gasteiger partial charge < -0.3 is 15.3 Å². The lowest BCUT2D eigenvalue weighted by molar-refractivity contribution is -0.150. The highest BCUT2D eigenvalue weighted by Crippen LogP contribution is 2.30. The Morgan fingerprint density at radius 2 is 1.95 bits per heavy atom. The van der Waals surface area contributed by atoms with E-state index in [0.29, 0.717) is 32.5 Å². The highest BCUT2D eigenvalue weighted by atomic mass is 32.2. The van der Waals surface area contributed by atoms with Crippen LogP contribution in [0.5, 0.6) is 0 Å². The number of nitrogens with zero attached hydrogens (tertiary/aromatic N) is 1. The van der Waals surface area contributed by atoms with E-state index in [-0.39, 0.29) is 6.03 Å². The molecule has 1 heterocycles. The van der Waals surface area contributed by atoms with Gasteiger partial charge in [0.25, 0.3) is 0 Å². The number of hydrogen-bond acceptors (Lipinski definition) is 3. The molecule has 0 aromatic rings. The van der Waals surface area contributed by atoms with Crippen LogP contribution in [-0.4, -0.2) is 53.6 Å². The lowest BCUT2D eigenvalue weighted by Crippen LogP contribution is -2.48. The number of rotatable bonds is 6. The quantitative estimate of drug-likeness (QED) is 0.734. The van der Waals surface area contributed by atoms with Crippen molar-refractivity contribution in [2.45, 2.75) is 32.6 Å². The van der Waals surface area contributed by atoms with Crippen molar-refractivity contribution in [3.8, 4) is 0 Å². The first-order chi connectivity index (χ1) is 8.99. The van der Waals surface area contributed by atoms with Crippen LogP contribution in [0.3, 0.4) is 0 Å². The van der Waals surface area contributed by atoms with Gasteiger partial charge in [0.1, 0.15) is 0 Å². The Labute approximate surface area is 119 Å². The first-order valence-electron chi connectivity index (χ1n) is 6.75. The fourth-order valence-corrected chi connectivity index (χ4v) is 2.59. The average molecular weight is 288 g/mol. The molecule has 2 N–H and O–H groups in total. The minimum absolute atomic E-state index is 0.0587. The third kappa shape index (κ3) is 4.93. The molecule has 0 bridgehead atoms. The molecular formula is C13H24N2O3S. The van der Waals surface area contributed by atoms with Crippen molar-refractivity contribution in [3.63, 3.8) is 0 Å². The number of nitrogens with one attached hydrogen (secondary N) is 1. The Bertz CT molecular complexity index is 315. The molecule has 0 aliphatic carbocycles. The third-order valence-electron chi connectivity index (χ3n) is 3.72. The van der Waals surface area contributed by atoms with Gasteiger partial charge in [0.05, 0.1) is 5.41 Å². The zero-order chi connectivity index (χ0) is 14.3. The van der Waals surface area contributed by atoms with Crippen LogP contribution in [-0.2, 0) is 4.79 Å². The van der Waals surface area contributed by atoms with Crippen LogP contribution in [0.1, 0.15) is 32.6 Å². The van der Waals surface area contributed by atoms with Crippen molar-refractivity contribution in [2.24, 2.45) is 5.41 Å². The van der Waals surface area contributed by atoms with Gasteiger partial charge in [0.2, 0.25) is 0 Å². The summed E-state index contributed by atoms with van der Waals surface area (Å²) in [7, 11) is 0. The van der Waals surface area contributed by atoms with E-state index in [0.717, 1.165) is 18.6 Å². The fraction of sp³-hybridized carbons (Fsp3) is 0.846. The van der Waals surface area contributed by atoms with E-state index in [9.17, 15) is 9.59 Å². The van der Waals surface area contributed by atoms with Gasteiger partial charge in [-0.15, -0.1) is 0 Å². The first-order valence-corrected chi connectivity index (χ1v) is 8.14. The molecule has 5 nitrogen and oxygen atoms in total. The van der Waals surface area contributed by atoms with Crippen molar-refractivity contribution in [2.75, 3.05) is 31.6 Å². The zero-order valence-electron chi connectivity index (χ0n) is 11.8. The fourth-order valence-electron chi connectivity index (χ4n) is 2.10. The molecule has 0 aromatic heterocycles. The Morgan fingerprint density at radius 3 is 2.47 bits per heavy atom. The van der Waals surface area contributed by atoms with E-state index >= 15 is 0 Å². The van der Waals surface area contributed by atoms with E-state index in [2.05, 4.69) is 11.6 Å². The SMILES string of the molecule is CSCCCCNC(=O)N1CCC(C)(C(=O)O)CC1. The molecule has 1 saturated heterocycles. The predicted octanol–water partition coefficient (Wildman–Crippen LogP) is 2.03. The molecule has 2 amide bonds. The monoisotopic (exact) mass is 288 g/mol. The number of aliphatic carboxylic acids is 1. The molecule has 1 fully saturated rings. The maximum Gasteiger partial charge on any atom is 0.317 e. The van der Waals surface area contributed by atoms with Crippen molar-refractivity contribution >= 4 is 23.8 Å². The van der Waals surface area contributed by atoms with Gasteiger partial charge in [0, 0.05) is 19.6 Å². The summed E-state index contributed by atoms with van der Waals surface area (Å²) in [5, 5.41) is 12.0. The summed E-state index contributed by atoms with van der Waals surface area (Å²) < 4.78 is 0. The van der Waals surface area contributed by atoms with Gasteiger partial charge in [-0.1, -0.05) is 0 Å². The normalized spacial score (nSPS) is 18.1. The average Bonchev–Trinajstić information content (AvgIpc) is 2.39. The van der Waals surface area contributed by atoms with Gasteiger partial charge in [-0.2, -0.15) is 11.8 Å². The molecule has 6 heteroatoms. The summed E-state index contributed by atoms with van der Waals surface area (Å²) in [6.45, 7) is 3.51. The largest absolute Gasteiger partial charge is 0.481 e. The summed E-state index contributed by atoms with van der Waals surface area (Å²) in [5.74, 6) is 0.362. The number of thioether (sulfide) groups is 1. The third-order valence-corrected chi connectivity index (χ3v) is 4.42. The standard InChI is InChI=1S/C13H24N2O3S/c1-13(11(16)17)5-8-15(9-6-13)12(18)14-7-3-4-10-19-2/h3-10H2,1-2H3,(H,14,18)(H,16,17). The molecule has 1 aliphatic rings. The van der Waals surface area contributed by atoms with Gasteiger partial charge in [0.15, 0.2) is 0 Å². The predicted molar refractivity (Wildman–Crippen MR) is 77.6 cm³/mol. The summed E-state index contributed by atoms with van der Waals surface area (Å²) in [6.07, 6.45) is 5.24. The molecule has 19 heavy (non-hydrogen) atoms. The number of urea groups is 1. The topological polar surface area (TPSA) is 69.6 Å². The van der Waals surface area contributed by atoms with Crippen molar-refractivity contribution in [3.05, 3.63) is 0 Å². The summed E-state index contributed by atoms with van der Waals surface area (Å²) in [5.41, 5.74) is -0.671. The Balaban J connectivity index is 2.23. The number of carbonyl (C=O) groups is 2. The van der Waals surface area contributed by atoms with E-state index in [4.69, 9.17) is 5.11 Å². The Kier molecular flexibility index (Phi) is 6.48. The molecule has 1 aliphatic heterocycles. The summed E-state index contributed by atoms with van der Waals surface area (Å²) in [4.78, 5) is 24.7. The second kappa shape index (κ2) is 7.62. The highest BCUT2D eigenvalue weighted by Gasteiger charge is 2.37. The second-order valence-corrected chi connectivity index (χ2v) is 6.27. The lowest BCUT2D eigenvalue weighted by Gasteiger charge is -2.36. The van der Waals surface area contributed by atoms with Gasteiger partial charge >= 0.3 is 12.0 Å². The maximum atomic E-state index is 11.9. The number of unbranched alkanes of at least 4 members (excludes halogenated alkanes) is 1. The van der Waals surface area contributed by atoms with Crippen LogP contribution >= 0.6 is 11.8 Å². The number of likely N-dealkylation sites (tertiary alicyclic amines) is 1. The smallest absolute Gasteiger partial charge is 0.317 e. The maximum absolute atomic E-state index is 11.9. The molecule has 0 aromatic carbocycles. The summed E-state index contributed by atoms with van der Waals surface area (Å²) in [6, 6.07) is -0.0587. The van der Waals surface area contributed by atoms with Gasteiger partial charge in [-0.3, -0.25) is 4.79 Å². The van der Waals surface area contributed by atoms with Crippen molar-refractivity contribution in [1.82, 2.24) is 10.2 Å². The molecule has 0 saturated carbocycles. The first kappa shape index (κ1) is 16.1. The van der Waals surface area contributed by atoms with E-state index in [1.165, 1.54) is 0 Å². The van der Waals surface area contributed by atoms with Crippen molar-refractivity contribution < 1.29 is 14.7 Å². The van der Waals surface area contributed by atoms with Crippen LogP contribution in [0.4, 0.5) is 4.79 Å². The minimum Gasteiger partial charge on any atom is -0.481 e. The molecule has 0 radical (unpaired) electrons. The highest BCUT2D eigenvalue weighted by molar-refractivity contribution is 7.98. The molecular weight excluding hydrogens is 264 g/mol.